The second-order valence-corrected chi connectivity index (χ2v) is 1.05. The minimum atomic E-state index is 0.527. The van der Waals surface area contributed by atoms with Crippen molar-refractivity contribution in [2.75, 3.05) is 6.73 Å². The fourth-order valence-electron chi connectivity index (χ4n) is 0.282. The number of hydrogen-bond acceptors (Lipinski definition) is 3. The molecule has 0 atom stereocenters. The van der Waals surface area contributed by atoms with Gasteiger partial charge in [-0.05, 0) is 0 Å². The van der Waals surface area contributed by atoms with Crippen molar-refractivity contribution in [3.8, 4) is 0 Å². The second kappa shape index (κ2) is 4.46. The van der Waals surface area contributed by atoms with E-state index in [1.165, 1.54) is 0 Å². The van der Waals surface area contributed by atoms with E-state index < -0.39 is 0 Å². The predicted octanol–water partition coefficient (Wildman–Crippen LogP) is 0.566. The maximum Gasteiger partial charge on any atom is 0.145 e. The van der Waals surface area contributed by atoms with Crippen LogP contribution in [0.15, 0.2) is 12.4 Å². The highest BCUT2D eigenvalue weighted by molar-refractivity contribution is 4.85. The Kier molecular flexibility index (Phi) is 4.07. The summed E-state index contributed by atoms with van der Waals surface area (Å²) >= 11 is 0. The third kappa shape index (κ3) is 2.47. The van der Waals surface area contributed by atoms with E-state index in [0.717, 1.165) is 5.82 Å². The first-order valence-electron chi connectivity index (χ1n) is 2.70. The topological polar surface area (TPSA) is 33.3 Å². The molecule has 0 aromatic heterocycles. The van der Waals surface area contributed by atoms with Crippen molar-refractivity contribution in [2.45, 2.75) is 13.8 Å². The van der Waals surface area contributed by atoms with Crippen molar-refractivity contribution in [3.05, 3.63) is 12.4 Å². The van der Waals surface area contributed by atoms with E-state index in [1.54, 1.807) is 0 Å². The highest BCUT2D eigenvalue weighted by Crippen LogP contribution is 1.82. The highest BCUT2D eigenvalue weighted by Gasteiger charge is 1.96. The summed E-state index contributed by atoms with van der Waals surface area (Å²) in [4.78, 5) is 4.60. The zero-order chi connectivity index (χ0) is 6.41. The van der Waals surface area contributed by atoms with Crippen LogP contribution in [-0.4, -0.2) is 6.73 Å². The van der Waals surface area contributed by atoms with E-state index in [2.05, 4.69) is 22.2 Å². The molecule has 0 unspecified atom stereocenters. The summed E-state index contributed by atoms with van der Waals surface area (Å²) in [5.41, 5.74) is 2.51. The molecule has 0 amide bonds. The Morgan fingerprint density at radius 1 is 1.62 bits per heavy atom. The van der Waals surface area contributed by atoms with Crippen LogP contribution in [0.2, 0.25) is 0 Å². The van der Waals surface area contributed by atoms with Crippen LogP contribution < -0.4 is 10.8 Å². The summed E-state index contributed by atoms with van der Waals surface area (Å²) in [7, 11) is 0. The Morgan fingerprint density at radius 3 is 2.38 bits per heavy atom. The molecular formula is C5H12N2O. The fraction of sp³-hybridized carbons (Fsp3) is 0.600. The Bertz CT molecular complexity index is 64.8. The number of nitrogens with one attached hydrogen (secondary N) is 2. The van der Waals surface area contributed by atoms with Crippen molar-refractivity contribution >= 4 is 0 Å². The van der Waals surface area contributed by atoms with Gasteiger partial charge in [-0.15, -0.1) is 0 Å². The molecule has 0 aromatic rings. The molecular weight excluding hydrogens is 104 g/mol. The van der Waals surface area contributed by atoms with Gasteiger partial charge >= 0.3 is 0 Å². The third-order valence-electron chi connectivity index (χ3n) is 0.553. The zero-order valence-corrected chi connectivity index (χ0v) is 5.32. The smallest absolute Gasteiger partial charge is 0.145 e. The minimum Gasteiger partial charge on any atom is -0.346 e. The SMILES string of the molecule is C=C1NCON1.CC. The number of rotatable bonds is 0. The van der Waals surface area contributed by atoms with Crippen molar-refractivity contribution in [3.63, 3.8) is 0 Å². The van der Waals surface area contributed by atoms with Gasteiger partial charge in [-0.3, -0.25) is 4.84 Å². The lowest BCUT2D eigenvalue weighted by molar-refractivity contribution is 0.108. The predicted molar refractivity (Wildman–Crippen MR) is 32.7 cm³/mol. The lowest BCUT2D eigenvalue weighted by Crippen LogP contribution is -2.06. The van der Waals surface area contributed by atoms with Gasteiger partial charge in [-0.25, -0.2) is 5.48 Å². The van der Waals surface area contributed by atoms with Crippen molar-refractivity contribution in [2.24, 2.45) is 0 Å². The van der Waals surface area contributed by atoms with E-state index in [0.29, 0.717) is 6.73 Å². The van der Waals surface area contributed by atoms with Gasteiger partial charge in [-0.1, -0.05) is 20.4 Å². The van der Waals surface area contributed by atoms with Gasteiger partial charge in [0, 0.05) is 0 Å². The van der Waals surface area contributed by atoms with Crippen LogP contribution >= 0.6 is 0 Å². The Morgan fingerprint density at radius 2 is 2.25 bits per heavy atom. The molecule has 3 nitrogen and oxygen atoms in total. The standard InChI is InChI=1S/C3H6N2O.C2H6/c1-3-4-2-6-5-3;1-2/h4-5H,1-2H2;1-2H3. The van der Waals surface area contributed by atoms with Crippen LogP contribution in [0, 0.1) is 0 Å². The molecule has 0 aliphatic carbocycles. The van der Waals surface area contributed by atoms with E-state index in [4.69, 9.17) is 0 Å². The lowest BCUT2D eigenvalue weighted by Gasteiger charge is -1.85. The monoisotopic (exact) mass is 116 g/mol. The summed E-state index contributed by atoms with van der Waals surface area (Å²) in [5.74, 6) is 0.731. The van der Waals surface area contributed by atoms with Gasteiger partial charge < -0.3 is 5.32 Å². The first kappa shape index (κ1) is 7.30. The minimum absolute atomic E-state index is 0.527. The summed E-state index contributed by atoms with van der Waals surface area (Å²) in [6, 6.07) is 0. The largest absolute Gasteiger partial charge is 0.346 e. The van der Waals surface area contributed by atoms with Gasteiger partial charge in [0.2, 0.25) is 0 Å². The molecule has 1 fully saturated rings. The molecule has 0 saturated carbocycles. The molecule has 8 heavy (non-hydrogen) atoms. The van der Waals surface area contributed by atoms with E-state index in [1.807, 2.05) is 13.8 Å². The Labute approximate surface area is 49.7 Å². The molecule has 1 rings (SSSR count). The molecule has 1 saturated heterocycles. The van der Waals surface area contributed by atoms with Crippen LogP contribution in [0.3, 0.4) is 0 Å². The van der Waals surface area contributed by atoms with Crippen LogP contribution in [-0.2, 0) is 4.84 Å². The first-order chi connectivity index (χ1) is 3.89. The van der Waals surface area contributed by atoms with Gasteiger partial charge in [0.05, 0.1) is 0 Å². The van der Waals surface area contributed by atoms with E-state index in [-0.39, 0.29) is 0 Å². The van der Waals surface area contributed by atoms with Crippen molar-refractivity contribution in [1.29, 1.82) is 0 Å². The summed E-state index contributed by atoms with van der Waals surface area (Å²) in [6.45, 7) is 8.03. The summed E-state index contributed by atoms with van der Waals surface area (Å²) < 4.78 is 0. The van der Waals surface area contributed by atoms with Crippen LogP contribution in [0.5, 0.6) is 0 Å². The number of hydroxylamine groups is 1. The van der Waals surface area contributed by atoms with E-state index >= 15 is 0 Å². The maximum absolute atomic E-state index is 4.60. The van der Waals surface area contributed by atoms with Gasteiger partial charge in [0.15, 0.2) is 0 Å². The lowest BCUT2D eigenvalue weighted by atomic mass is 10.8. The Hall–Kier alpha value is -0.700. The Balaban J connectivity index is 0.000000222. The molecule has 2 N–H and O–H groups in total. The van der Waals surface area contributed by atoms with Crippen molar-refractivity contribution in [1.82, 2.24) is 10.8 Å². The quantitative estimate of drug-likeness (QED) is 0.485. The van der Waals surface area contributed by atoms with Crippen LogP contribution in [0.4, 0.5) is 0 Å². The average molecular weight is 116 g/mol. The molecule has 1 aliphatic rings. The average Bonchev–Trinajstić information content (AvgIpc) is 2.24. The van der Waals surface area contributed by atoms with Crippen LogP contribution in [0.1, 0.15) is 13.8 Å². The molecule has 48 valence electrons. The normalized spacial score (nSPS) is 15.5. The number of hydrogen-bond donors (Lipinski definition) is 2. The highest BCUT2D eigenvalue weighted by atomic mass is 16.7. The second-order valence-electron chi connectivity index (χ2n) is 1.05. The van der Waals surface area contributed by atoms with Gasteiger partial charge in [-0.2, -0.15) is 0 Å². The molecule has 0 bridgehead atoms. The molecule has 0 aromatic carbocycles. The van der Waals surface area contributed by atoms with Gasteiger partial charge in [0.25, 0.3) is 0 Å². The maximum atomic E-state index is 4.60. The molecule has 1 heterocycles. The molecule has 1 aliphatic heterocycles. The first-order valence-corrected chi connectivity index (χ1v) is 2.70. The molecule has 0 radical (unpaired) electrons. The van der Waals surface area contributed by atoms with Crippen molar-refractivity contribution < 1.29 is 4.84 Å². The summed E-state index contributed by atoms with van der Waals surface area (Å²) in [6.07, 6.45) is 0. The fourth-order valence-corrected chi connectivity index (χ4v) is 0.282. The zero-order valence-electron chi connectivity index (χ0n) is 5.32. The van der Waals surface area contributed by atoms with Crippen LogP contribution in [0.25, 0.3) is 0 Å². The third-order valence-corrected chi connectivity index (χ3v) is 0.553. The summed E-state index contributed by atoms with van der Waals surface area (Å²) in [5, 5.41) is 2.79. The molecule has 3 heteroatoms. The molecule has 0 spiro atoms. The van der Waals surface area contributed by atoms with E-state index in [9.17, 15) is 0 Å². The van der Waals surface area contributed by atoms with Gasteiger partial charge in [0.1, 0.15) is 12.6 Å².